The lowest BCUT2D eigenvalue weighted by Gasteiger charge is -2.29. The van der Waals surface area contributed by atoms with Crippen molar-refractivity contribution in [2.45, 2.75) is 111 Å². The molecule has 0 nitrogen and oxygen atoms in total. The molecule has 0 fully saturated rings. The average Bonchev–Trinajstić information content (AvgIpc) is 2.34. The molecule has 0 aliphatic rings. The van der Waals surface area contributed by atoms with E-state index in [1.807, 2.05) is 0 Å². The zero-order valence-corrected chi connectivity index (χ0v) is 13.7. The summed E-state index contributed by atoms with van der Waals surface area (Å²) in [6, 6.07) is 0. The third-order valence-corrected chi connectivity index (χ3v) is 4.37. The molecule has 0 aromatic carbocycles. The molecule has 0 amide bonds. The molecule has 0 spiro atoms. The lowest BCUT2D eigenvalue weighted by molar-refractivity contribution is 0.229. The molecule has 0 bridgehead atoms. The highest BCUT2D eigenvalue weighted by Gasteiger charge is 2.21. The summed E-state index contributed by atoms with van der Waals surface area (Å²) in [5.74, 6) is 0. The van der Waals surface area contributed by atoms with Crippen LogP contribution in [0.3, 0.4) is 0 Å². The molecule has 0 heteroatoms. The van der Waals surface area contributed by atoms with E-state index in [1.54, 1.807) is 0 Å². The molecule has 0 aliphatic heterocycles. The van der Waals surface area contributed by atoms with Crippen LogP contribution in [0.2, 0.25) is 0 Å². The van der Waals surface area contributed by atoms with Crippen molar-refractivity contribution in [2.24, 2.45) is 5.41 Å². The van der Waals surface area contributed by atoms with Gasteiger partial charge in [-0.1, -0.05) is 91.9 Å². The second kappa shape index (κ2) is 12.1. The van der Waals surface area contributed by atoms with Crippen molar-refractivity contribution in [1.82, 2.24) is 0 Å². The third-order valence-electron chi connectivity index (χ3n) is 4.37. The highest BCUT2D eigenvalue weighted by Crippen LogP contribution is 2.35. The Morgan fingerprint density at radius 2 is 0.944 bits per heavy atom. The highest BCUT2D eigenvalue weighted by atomic mass is 14.3. The molecule has 0 saturated heterocycles. The minimum absolute atomic E-state index is 0.647. The number of unbranched alkanes of at least 4 members (excludes halogenated alkanes) is 7. The van der Waals surface area contributed by atoms with Crippen LogP contribution in [0, 0.1) is 5.41 Å². The van der Waals surface area contributed by atoms with E-state index in [0.717, 1.165) is 0 Å². The van der Waals surface area contributed by atoms with Crippen LogP contribution in [0.1, 0.15) is 111 Å². The molecule has 0 aromatic heterocycles. The van der Waals surface area contributed by atoms with Crippen LogP contribution in [0.25, 0.3) is 0 Å². The summed E-state index contributed by atoms with van der Waals surface area (Å²) >= 11 is 0. The van der Waals surface area contributed by atoms with Crippen molar-refractivity contribution >= 4 is 0 Å². The van der Waals surface area contributed by atoms with Gasteiger partial charge in [0.05, 0.1) is 0 Å². The van der Waals surface area contributed by atoms with Crippen molar-refractivity contribution in [2.75, 3.05) is 0 Å². The molecular weight excluding hydrogens is 216 g/mol. The summed E-state index contributed by atoms with van der Waals surface area (Å²) in [5.41, 5.74) is 0.647. The fourth-order valence-electron chi connectivity index (χ4n) is 3.11. The van der Waals surface area contributed by atoms with Crippen LogP contribution in [0.15, 0.2) is 0 Å². The van der Waals surface area contributed by atoms with Gasteiger partial charge in [0.1, 0.15) is 0 Å². The summed E-state index contributed by atoms with van der Waals surface area (Å²) < 4.78 is 0. The second-order valence-electron chi connectivity index (χ2n) is 6.54. The quantitative estimate of drug-likeness (QED) is 0.307. The number of hydrogen-bond acceptors (Lipinski definition) is 0. The smallest absolute Gasteiger partial charge is 0.0326 e. The van der Waals surface area contributed by atoms with Gasteiger partial charge < -0.3 is 0 Å². The first-order valence-corrected chi connectivity index (χ1v) is 8.68. The van der Waals surface area contributed by atoms with Crippen molar-refractivity contribution < 1.29 is 0 Å². The third kappa shape index (κ3) is 9.97. The molecule has 1 atom stereocenters. The maximum Gasteiger partial charge on any atom is -0.0326 e. The first-order chi connectivity index (χ1) is 8.68. The van der Waals surface area contributed by atoms with Crippen LogP contribution in [-0.4, -0.2) is 0 Å². The van der Waals surface area contributed by atoms with Crippen molar-refractivity contribution in [1.29, 1.82) is 0 Å². The van der Waals surface area contributed by atoms with Crippen molar-refractivity contribution in [3.05, 3.63) is 0 Å². The monoisotopic (exact) mass is 254 g/mol. The normalized spacial score (nSPS) is 14.7. The van der Waals surface area contributed by atoms with Gasteiger partial charge in [0.25, 0.3) is 0 Å². The van der Waals surface area contributed by atoms with Gasteiger partial charge in [0, 0.05) is 0 Å². The van der Waals surface area contributed by atoms with E-state index in [2.05, 4.69) is 27.7 Å². The van der Waals surface area contributed by atoms with E-state index in [0.29, 0.717) is 5.41 Å². The lowest BCUT2D eigenvalue weighted by Crippen LogP contribution is -2.16. The van der Waals surface area contributed by atoms with Crippen LogP contribution in [0.4, 0.5) is 0 Å². The van der Waals surface area contributed by atoms with Gasteiger partial charge >= 0.3 is 0 Å². The Balaban J connectivity index is 3.72. The van der Waals surface area contributed by atoms with Crippen LogP contribution in [-0.2, 0) is 0 Å². The second-order valence-corrected chi connectivity index (χ2v) is 6.54. The zero-order valence-electron chi connectivity index (χ0n) is 13.7. The fraction of sp³-hybridized carbons (Fsp3) is 1.00. The van der Waals surface area contributed by atoms with Gasteiger partial charge in [-0.15, -0.1) is 0 Å². The maximum atomic E-state index is 2.54. The molecule has 0 heterocycles. The molecule has 18 heavy (non-hydrogen) atoms. The van der Waals surface area contributed by atoms with Crippen molar-refractivity contribution in [3.8, 4) is 0 Å². The maximum absolute atomic E-state index is 2.54. The van der Waals surface area contributed by atoms with Gasteiger partial charge in [-0.25, -0.2) is 0 Å². The Labute approximate surface area is 117 Å². The minimum Gasteiger partial charge on any atom is -0.0654 e. The van der Waals surface area contributed by atoms with Gasteiger partial charge in [-0.3, -0.25) is 0 Å². The van der Waals surface area contributed by atoms with Crippen LogP contribution in [0.5, 0.6) is 0 Å². The lowest BCUT2D eigenvalue weighted by atomic mass is 9.76. The molecular formula is C18H38. The predicted molar refractivity (Wildman–Crippen MR) is 85.2 cm³/mol. The fourth-order valence-corrected chi connectivity index (χ4v) is 3.11. The Hall–Kier alpha value is 0. The van der Waals surface area contributed by atoms with Gasteiger partial charge in [-0.2, -0.15) is 0 Å². The Bertz CT molecular complexity index is 161. The summed E-state index contributed by atoms with van der Waals surface area (Å²) in [6.45, 7) is 9.49. The summed E-state index contributed by atoms with van der Waals surface area (Å²) in [5, 5.41) is 0. The molecule has 0 saturated carbocycles. The van der Waals surface area contributed by atoms with Crippen LogP contribution < -0.4 is 0 Å². The highest BCUT2D eigenvalue weighted by molar-refractivity contribution is 4.74. The van der Waals surface area contributed by atoms with E-state index in [-0.39, 0.29) is 0 Å². The summed E-state index contributed by atoms with van der Waals surface area (Å²) in [7, 11) is 0. The molecule has 110 valence electrons. The molecule has 0 rings (SSSR count). The largest absolute Gasteiger partial charge is 0.0654 e. The van der Waals surface area contributed by atoms with Gasteiger partial charge in [0.15, 0.2) is 0 Å². The topological polar surface area (TPSA) is 0 Å². The first-order valence-electron chi connectivity index (χ1n) is 8.68. The number of hydrogen-bond donors (Lipinski definition) is 0. The number of rotatable bonds is 13. The van der Waals surface area contributed by atoms with Crippen LogP contribution >= 0.6 is 0 Å². The molecule has 0 aromatic rings. The van der Waals surface area contributed by atoms with Gasteiger partial charge in [0.2, 0.25) is 0 Å². The molecule has 1 unspecified atom stereocenters. The van der Waals surface area contributed by atoms with E-state index < -0.39 is 0 Å². The van der Waals surface area contributed by atoms with E-state index in [4.69, 9.17) is 0 Å². The molecule has 0 N–H and O–H groups in total. The minimum atomic E-state index is 0.647. The van der Waals surface area contributed by atoms with E-state index in [1.165, 1.54) is 83.5 Å². The standard InChI is InChI=1S/C18H38/c1-5-8-10-11-12-14-17-18(4,15-7-3)16-13-9-6-2/h5-17H2,1-4H3. The molecule has 0 aliphatic carbocycles. The molecule has 0 radical (unpaired) electrons. The Kier molecular flexibility index (Phi) is 12.1. The summed E-state index contributed by atoms with van der Waals surface area (Å²) in [6.07, 6.45) is 18.6. The SMILES string of the molecule is CCCCCCCCC(C)(CCC)CCCCC. The van der Waals surface area contributed by atoms with E-state index >= 15 is 0 Å². The zero-order chi connectivity index (χ0) is 13.7. The Morgan fingerprint density at radius 1 is 0.500 bits per heavy atom. The summed E-state index contributed by atoms with van der Waals surface area (Å²) in [4.78, 5) is 0. The first kappa shape index (κ1) is 18.0. The predicted octanol–water partition coefficient (Wildman–Crippen LogP) is 7.12. The van der Waals surface area contributed by atoms with E-state index in [9.17, 15) is 0 Å². The van der Waals surface area contributed by atoms with Gasteiger partial charge in [-0.05, 0) is 24.7 Å². The van der Waals surface area contributed by atoms with Crippen molar-refractivity contribution in [3.63, 3.8) is 0 Å². The average molecular weight is 255 g/mol. The Morgan fingerprint density at radius 3 is 1.50 bits per heavy atom.